The zero-order valence-corrected chi connectivity index (χ0v) is 23.6. The van der Waals surface area contributed by atoms with Crippen LogP contribution in [0, 0.1) is 0 Å². The summed E-state index contributed by atoms with van der Waals surface area (Å²) in [5.74, 6) is 0.394. The maximum atomic E-state index is 11.3. The number of benzene rings is 2. The molecule has 2 aromatic rings. The molecule has 2 atom stereocenters. The number of halogens is 2. The molecule has 0 aliphatic heterocycles. The summed E-state index contributed by atoms with van der Waals surface area (Å²) in [5.41, 5.74) is 3.53. The van der Waals surface area contributed by atoms with Gasteiger partial charge in [-0.15, -0.1) is 0 Å². The van der Waals surface area contributed by atoms with E-state index in [1.165, 1.54) is 11.6 Å². The van der Waals surface area contributed by atoms with Crippen molar-refractivity contribution in [3.8, 4) is 11.5 Å². The Bertz CT molecular complexity index is 1080. The fourth-order valence-electron chi connectivity index (χ4n) is 4.85. The van der Waals surface area contributed by atoms with Crippen molar-refractivity contribution < 1.29 is 10.2 Å². The van der Waals surface area contributed by atoms with Crippen molar-refractivity contribution in [1.82, 2.24) is 4.90 Å². The summed E-state index contributed by atoms with van der Waals surface area (Å²) in [6.07, 6.45) is 5.97. The van der Waals surface area contributed by atoms with Crippen molar-refractivity contribution in [2.75, 3.05) is 7.05 Å². The Hall–Kier alpha value is -1.75. The summed E-state index contributed by atoms with van der Waals surface area (Å²) in [4.78, 5) is 7.19. The number of phenolic OH excluding ortho intramolecular Hbond substituents is 2. The van der Waals surface area contributed by atoms with Crippen molar-refractivity contribution in [3.05, 3.63) is 56.6 Å². The molecule has 0 bridgehead atoms. The lowest BCUT2D eigenvalue weighted by atomic mass is 9.78. The first-order valence-corrected chi connectivity index (χ1v) is 13.2. The fraction of sp³-hybridized carbons (Fsp3) is 0.552. The Balaban J connectivity index is 1.90. The molecule has 6 heteroatoms. The number of aromatic hydroxyl groups is 2. The third-order valence-electron chi connectivity index (χ3n) is 7.01. The molecule has 35 heavy (non-hydrogen) atoms. The Labute approximate surface area is 221 Å². The monoisotopic (exact) mass is 518 g/mol. The summed E-state index contributed by atoms with van der Waals surface area (Å²) in [5, 5.41) is 22.3. The Kier molecular flexibility index (Phi) is 8.51. The lowest BCUT2D eigenvalue weighted by Gasteiger charge is -2.37. The van der Waals surface area contributed by atoms with E-state index >= 15 is 0 Å². The van der Waals surface area contributed by atoms with Crippen molar-refractivity contribution >= 4 is 29.4 Å². The van der Waals surface area contributed by atoms with Gasteiger partial charge in [0.1, 0.15) is 11.5 Å². The minimum Gasteiger partial charge on any atom is -0.507 e. The Morgan fingerprint density at radius 2 is 1.60 bits per heavy atom. The molecule has 0 amide bonds. The standard InChI is InChI=1S/C29H40Cl2N2O2/c1-28(2,3)20-12-19(26(34)22(14-20)29(4,5)6)17-33(7)25-11-9-8-10-24(25)32-16-18-13-21(30)15-23(31)27(18)35/h12-16,24-25,34-35H,8-11,17H2,1-7H3/t24-,25-/m1/s1. The van der Waals surface area contributed by atoms with E-state index in [0.717, 1.165) is 36.8 Å². The second-order valence-corrected chi connectivity index (χ2v) is 12.8. The van der Waals surface area contributed by atoms with Crippen molar-refractivity contribution in [2.45, 2.75) is 96.7 Å². The predicted octanol–water partition coefficient (Wildman–Crippen LogP) is 7.86. The zero-order chi connectivity index (χ0) is 26.1. The first kappa shape index (κ1) is 27.8. The summed E-state index contributed by atoms with van der Waals surface area (Å²) >= 11 is 12.2. The minimum atomic E-state index is -0.156. The molecule has 0 aromatic heterocycles. The van der Waals surface area contributed by atoms with Gasteiger partial charge in [-0.2, -0.15) is 0 Å². The van der Waals surface area contributed by atoms with Crippen LogP contribution < -0.4 is 0 Å². The molecule has 192 valence electrons. The van der Waals surface area contributed by atoms with E-state index in [1.54, 1.807) is 12.3 Å². The van der Waals surface area contributed by atoms with Gasteiger partial charge >= 0.3 is 0 Å². The van der Waals surface area contributed by atoms with Gasteiger partial charge < -0.3 is 10.2 Å². The summed E-state index contributed by atoms with van der Waals surface area (Å²) in [6, 6.07) is 7.84. The lowest BCUT2D eigenvalue weighted by molar-refractivity contribution is 0.162. The van der Waals surface area contributed by atoms with E-state index < -0.39 is 0 Å². The van der Waals surface area contributed by atoms with Crippen LogP contribution in [0.25, 0.3) is 0 Å². The van der Waals surface area contributed by atoms with E-state index in [2.05, 4.69) is 65.6 Å². The maximum absolute atomic E-state index is 11.3. The van der Waals surface area contributed by atoms with Crippen LogP contribution in [0.1, 0.15) is 89.5 Å². The van der Waals surface area contributed by atoms with E-state index in [-0.39, 0.29) is 33.7 Å². The highest BCUT2D eigenvalue weighted by Crippen LogP contribution is 2.39. The fourth-order valence-corrected chi connectivity index (χ4v) is 5.36. The third kappa shape index (κ3) is 6.72. The molecule has 0 unspecified atom stereocenters. The summed E-state index contributed by atoms with van der Waals surface area (Å²) in [6.45, 7) is 13.7. The highest BCUT2D eigenvalue weighted by Gasteiger charge is 2.30. The van der Waals surface area contributed by atoms with Crippen LogP contribution in [0.3, 0.4) is 0 Å². The van der Waals surface area contributed by atoms with Gasteiger partial charge in [0.15, 0.2) is 0 Å². The molecule has 0 radical (unpaired) electrons. The normalized spacial score (nSPS) is 19.6. The SMILES string of the molecule is CN(Cc1cc(C(C)(C)C)cc(C(C)(C)C)c1O)[C@@H]1CCCC[C@H]1N=Cc1cc(Cl)cc(Cl)c1O. The number of nitrogens with zero attached hydrogens (tertiary/aromatic N) is 2. The molecule has 1 aliphatic rings. The highest BCUT2D eigenvalue weighted by atomic mass is 35.5. The van der Waals surface area contributed by atoms with Crippen LogP contribution >= 0.6 is 23.2 Å². The average molecular weight is 520 g/mol. The maximum Gasteiger partial charge on any atom is 0.143 e. The zero-order valence-electron chi connectivity index (χ0n) is 22.1. The van der Waals surface area contributed by atoms with Crippen molar-refractivity contribution in [3.63, 3.8) is 0 Å². The topological polar surface area (TPSA) is 56.1 Å². The van der Waals surface area contributed by atoms with E-state index in [1.807, 2.05) is 0 Å². The molecule has 1 aliphatic carbocycles. The smallest absolute Gasteiger partial charge is 0.143 e. The minimum absolute atomic E-state index is 0.000780. The van der Waals surface area contributed by atoms with Gasteiger partial charge in [0.05, 0.1) is 11.1 Å². The molecule has 0 saturated heterocycles. The lowest BCUT2D eigenvalue weighted by Crippen LogP contribution is -2.42. The molecule has 4 nitrogen and oxygen atoms in total. The molecule has 3 rings (SSSR count). The van der Waals surface area contributed by atoms with E-state index in [0.29, 0.717) is 22.9 Å². The number of aliphatic imine (C=N–C) groups is 1. The number of hydrogen-bond donors (Lipinski definition) is 2. The van der Waals surface area contributed by atoms with Crippen LogP contribution in [0.2, 0.25) is 10.0 Å². The van der Waals surface area contributed by atoms with Crippen molar-refractivity contribution in [1.29, 1.82) is 0 Å². The molecule has 0 spiro atoms. The molecule has 1 fully saturated rings. The quantitative estimate of drug-likeness (QED) is 0.396. The Morgan fingerprint density at radius 3 is 2.23 bits per heavy atom. The van der Waals surface area contributed by atoms with Gasteiger partial charge in [-0.1, -0.05) is 89.7 Å². The first-order chi connectivity index (χ1) is 16.2. The van der Waals surface area contributed by atoms with Crippen LogP contribution in [-0.2, 0) is 17.4 Å². The number of hydrogen-bond acceptors (Lipinski definition) is 4. The molecule has 2 aromatic carbocycles. The van der Waals surface area contributed by atoms with Crippen molar-refractivity contribution in [2.24, 2.45) is 4.99 Å². The predicted molar refractivity (Wildman–Crippen MR) is 149 cm³/mol. The van der Waals surface area contributed by atoms with Gasteiger partial charge in [0, 0.05) is 35.0 Å². The molecule has 1 saturated carbocycles. The first-order valence-electron chi connectivity index (χ1n) is 12.5. The van der Waals surface area contributed by atoms with E-state index in [4.69, 9.17) is 28.2 Å². The number of phenols is 2. The van der Waals surface area contributed by atoms with Gasteiger partial charge in [-0.05, 0) is 54.0 Å². The highest BCUT2D eigenvalue weighted by molar-refractivity contribution is 6.36. The van der Waals surface area contributed by atoms with Crippen LogP contribution in [0.5, 0.6) is 11.5 Å². The number of rotatable bonds is 5. The van der Waals surface area contributed by atoms with Gasteiger partial charge in [0.2, 0.25) is 0 Å². The van der Waals surface area contributed by atoms with Gasteiger partial charge in [-0.3, -0.25) is 9.89 Å². The molecule has 2 N–H and O–H groups in total. The Morgan fingerprint density at radius 1 is 0.943 bits per heavy atom. The van der Waals surface area contributed by atoms with E-state index in [9.17, 15) is 10.2 Å². The van der Waals surface area contributed by atoms with Crippen LogP contribution in [0.4, 0.5) is 0 Å². The van der Waals surface area contributed by atoms with Gasteiger partial charge in [-0.25, -0.2) is 0 Å². The largest absolute Gasteiger partial charge is 0.507 e. The van der Waals surface area contributed by atoms with Gasteiger partial charge in [0.25, 0.3) is 0 Å². The second kappa shape index (κ2) is 10.7. The molecular formula is C29H40Cl2N2O2. The molecule has 0 heterocycles. The average Bonchev–Trinajstić information content (AvgIpc) is 2.75. The summed E-state index contributed by atoms with van der Waals surface area (Å²) in [7, 11) is 2.12. The summed E-state index contributed by atoms with van der Waals surface area (Å²) < 4.78 is 0. The number of likely N-dealkylation sites (N-methyl/N-ethyl adjacent to an activating group) is 1. The van der Waals surface area contributed by atoms with Crippen LogP contribution in [-0.4, -0.2) is 40.5 Å². The second-order valence-electron chi connectivity index (χ2n) is 12.0. The molecular weight excluding hydrogens is 479 g/mol. The van der Waals surface area contributed by atoms with Crippen LogP contribution in [0.15, 0.2) is 29.3 Å². The third-order valence-corrected chi connectivity index (χ3v) is 7.51.